The molecule has 0 saturated heterocycles. The third-order valence-corrected chi connectivity index (χ3v) is 12.0. The number of rotatable bonds is 7. The van der Waals surface area contributed by atoms with Crippen LogP contribution in [0.3, 0.4) is 0 Å². The number of benzene rings is 8. The molecule has 3 aromatic heterocycles. The third kappa shape index (κ3) is 5.80. The summed E-state index contributed by atoms with van der Waals surface area (Å²) in [6.07, 6.45) is 2.19. The van der Waals surface area contributed by atoms with E-state index in [0.717, 1.165) is 72.2 Å². The monoisotopic (exact) mass is 792 g/mol. The molecule has 8 aromatic carbocycles. The molecule has 0 aliphatic carbocycles. The second-order valence-corrected chi connectivity index (χ2v) is 15.7. The lowest BCUT2D eigenvalue weighted by Gasteiger charge is -2.26. The maximum atomic E-state index is 10.0. The Bertz CT molecular complexity index is 3520. The number of allylic oxidation sites excluding steroid dienone is 1. The van der Waals surface area contributed by atoms with E-state index in [0.29, 0.717) is 23.2 Å². The van der Waals surface area contributed by atoms with Gasteiger partial charge in [-0.2, -0.15) is 0 Å². The zero-order valence-electron chi connectivity index (χ0n) is 33.4. The molecule has 12 rings (SSSR count). The molecule has 1 aliphatic rings. The number of nitrogens with one attached hydrogen (secondary N) is 2. The molecule has 2 N–H and O–H groups in total. The van der Waals surface area contributed by atoms with Crippen LogP contribution in [0.1, 0.15) is 27.8 Å². The van der Waals surface area contributed by atoms with Crippen molar-refractivity contribution in [2.24, 2.45) is 0 Å². The first-order valence-corrected chi connectivity index (χ1v) is 20.8. The molecule has 0 bridgehead atoms. The zero-order chi connectivity index (χ0) is 41.1. The second-order valence-electron chi connectivity index (χ2n) is 15.7. The van der Waals surface area contributed by atoms with Gasteiger partial charge < -0.3 is 9.72 Å². The highest BCUT2D eigenvalue weighted by atomic mass is 15.0. The molecule has 0 radical (unpaired) electrons. The summed E-state index contributed by atoms with van der Waals surface area (Å²) in [5, 5.41) is 18.5. The molecule has 290 valence electrons. The largest absolute Gasteiger partial charge is 0.354 e. The molecular formula is C56H36N6. The SMILES string of the molecule is N=C(/C(=C1\NC(c2ccccc2)=Cc2ccccc21)c1ccccc1)c1cccc(-c2nc(-c3ccccc3)nc(-c3cc4c5ccccc5n5c6ccccc6c(c3)c45)n2)c1. The van der Waals surface area contributed by atoms with Crippen molar-refractivity contribution in [2.75, 3.05) is 0 Å². The van der Waals surface area contributed by atoms with Crippen molar-refractivity contribution < 1.29 is 0 Å². The summed E-state index contributed by atoms with van der Waals surface area (Å²) >= 11 is 0. The molecule has 6 nitrogen and oxygen atoms in total. The normalized spacial score (nSPS) is 13.3. The van der Waals surface area contributed by atoms with Crippen molar-refractivity contribution in [1.82, 2.24) is 24.7 Å². The van der Waals surface area contributed by atoms with E-state index in [2.05, 4.69) is 125 Å². The van der Waals surface area contributed by atoms with Crippen LogP contribution in [0.5, 0.6) is 0 Å². The number of hydrogen-bond acceptors (Lipinski definition) is 5. The van der Waals surface area contributed by atoms with E-state index in [1.54, 1.807) is 0 Å². The van der Waals surface area contributed by atoms with Crippen molar-refractivity contribution in [3.8, 4) is 34.2 Å². The highest BCUT2D eigenvalue weighted by Crippen LogP contribution is 2.42. The topological polar surface area (TPSA) is 79.0 Å². The molecule has 62 heavy (non-hydrogen) atoms. The molecular weight excluding hydrogens is 757 g/mol. The fourth-order valence-corrected chi connectivity index (χ4v) is 9.12. The Kier molecular flexibility index (Phi) is 8.22. The van der Waals surface area contributed by atoms with Crippen molar-refractivity contribution in [3.63, 3.8) is 0 Å². The molecule has 0 fully saturated rings. The highest BCUT2D eigenvalue weighted by molar-refractivity contribution is 6.36. The molecule has 4 heterocycles. The lowest BCUT2D eigenvalue weighted by Crippen LogP contribution is -2.20. The minimum absolute atomic E-state index is 0.380. The minimum Gasteiger partial charge on any atom is -0.354 e. The fourth-order valence-electron chi connectivity index (χ4n) is 9.12. The summed E-state index contributed by atoms with van der Waals surface area (Å²) in [6, 6.07) is 68.8. The summed E-state index contributed by atoms with van der Waals surface area (Å²) in [6.45, 7) is 0. The second kappa shape index (κ2) is 14.4. The predicted octanol–water partition coefficient (Wildman–Crippen LogP) is 13.1. The molecule has 0 amide bonds. The van der Waals surface area contributed by atoms with E-state index < -0.39 is 0 Å². The van der Waals surface area contributed by atoms with Gasteiger partial charge in [-0.3, -0.25) is 5.41 Å². The van der Waals surface area contributed by atoms with Gasteiger partial charge in [0.05, 0.1) is 28.0 Å². The summed E-state index contributed by atoms with van der Waals surface area (Å²) < 4.78 is 2.38. The van der Waals surface area contributed by atoms with Crippen LogP contribution in [0.25, 0.3) is 95.3 Å². The number of fused-ring (bicyclic) bond motifs is 7. The summed E-state index contributed by atoms with van der Waals surface area (Å²) in [5.41, 5.74) is 14.1. The van der Waals surface area contributed by atoms with Gasteiger partial charge in [0.25, 0.3) is 0 Å². The number of nitrogens with zero attached hydrogens (tertiary/aromatic N) is 4. The van der Waals surface area contributed by atoms with Crippen molar-refractivity contribution >= 4 is 66.8 Å². The lowest BCUT2D eigenvalue weighted by molar-refractivity contribution is 1.07. The van der Waals surface area contributed by atoms with Gasteiger partial charge in [0.1, 0.15) is 0 Å². The van der Waals surface area contributed by atoms with Crippen LogP contribution in [0.4, 0.5) is 0 Å². The molecule has 1 aliphatic heterocycles. The summed E-state index contributed by atoms with van der Waals surface area (Å²) in [7, 11) is 0. The van der Waals surface area contributed by atoms with Crippen LogP contribution < -0.4 is 5.32 Å². The molecule has 0 saturated carbocycles. The average Bonchev–Trinajstić information content (AvgIpc) is 3.87. The molecule has 0 unspecified atom stereocenters. The van der Waals surface area contributed by atoms with E-state index >= 15 is 0 Å². The maximum Gasteiger partial charge on any atom is 0.164 e. The third-order valence-electron chi connectivity index (χ3n) is 12.0. The van der Waals surface area contributed by atoms with Crippen molar-refractivity contribution in [1.29, 1.82) is 5.41 Å². The quantitative estimate of drug-likeness (QED) is 0.158. The Morgan fingerprint density at radius 1 is 0.435 bits per heavy atom. The Morgan fingerprint density at radius 3 is 1.63 bits per heavy atom. The predicted molar refractivity (Wildman–Crippen MR) is 255 cm³/mol. The maximum absolute atomic E-state index is 10.0. The molecule has 6 heteroatoms. The van der Waals surface area contributed by atoms with Crippen LogP contribution in [0.15, 0.2) is 200 Å². The van der Waals surface area contributed by atoms with E-state index in [1.165, 1.54) is 27.3 Å². The van der Waals surface area contributed by atoms with Gasteiger partial charge in [-0.1, -0.05) is 170 Å². The van der Waals surface area contributed by atoms with Gasteiger partial charge in [0.2, 0.25) is 0 Å². The van der Waals surface area contributed by atoms with E-state index in [1.807, 2.05) is 91.0 Å². The van der Waals surface area contributed by atoms with Crippen molar-refractivity contribution in [2.45, 2.75) is 0 Å². The molecule has 0 atom stereocenters. The molecule has 0 spiro atoms. The number of hydrogen-bond donors (Lipinski definition) is 2. The number of aromatic nitrogens is 4. The first-order chi connectivity index (χ1) is 30.7. The fraction of sp³-hybridized carbons (Fsp3) is 0. The summed E-state index contributed by atoms with van der Waals surface area (Å²) in [4.78, 5) is 15.5. The summed E-state index contributed by atoms with van der Waals surface area (Å²) in [5.74, 6) is 1.71. The van der Waals surface area contributed by atoms with E-state index in [4.69, 9.17) is 15.0 Å². The smallest absolute Gasteiger partial charge is 0.164 e. The van der Waals surface area contributed by atoms with Crippen LogP contribution in [-0.4, -0.2) is 25.1 Å². The lowest BCUT2D eigenvalue weighted by atomic mass is 9.87. The van der Waals surface area contributed by atoms with Gasteiger partial charge in [0, 0.05) is 60.6 Å². The van der Waals surface area contributed by atoms with Crippen molar-refractivity contribution in [3.05, 3.63) is 228 Å². The molecule has 11 aromatic rings. The van der Waals surface area contributed by atoms with Crippen LogP contribution >= 0.6 is 0 Å². The highest BCUT2D eigenvalue weighted by Gasteiger charge is 2.25. The van der Waals surface area contributed by atoms with Crippen LogP contribution in [-0.2, 0) is 0 Å². The minimum atomic E-state index is 0.380. The van der Waals surface area contributed by atoms with Crippen LogP contribution in [0, 0.1) is 5.41 Å². The van der Waals surface area contributed by atoms with Gasteiger partial charge in [-0.15, -0.1) is 0 Å². The standard InChI is InChI=1S/C56H36N6/c57-51(50(36-19-6-2-7-20-36)52-42-26-11-10-23-38(42)34-47(58-52)35-17-4-1-5-18-35)39-24-16-25-40(31-39)55-59-54(37-21-8-3-9-22-37)60-56(61-55)41-32-45-43-27-12-14-29-48(43)62-49-30-15-13-28-44(49)46(33-41)53(45)62/h1-34,57-58H/b52-50-,57-51?. The Morgan fingerprint density at radius 2 is 0.952 bits per heavy atom. The average molecular weight is 793 g/mol. The Labute approximate surface area is 357 Å². The van der Waals surface area contributed by atoms with Gasteiger partial charge in [0.15, 0.2) is 17.5 Å². The first-order valence-electron chi connectivity index (χ1n) is 20.8. The van der Waals surface area contributed by atoms with Gasteiger partial charge in [-0.05, 0) is 53.1 Å². The first kappa shape index (κ1) is 35.5. The van der Waals surface area contributed by atoms with Gasteiger partial charge >= 0.3 is 0 Å². The van der Waals surface area contributed by atoms with Crippen LogP contribution in [0.2, 0.25) is 0 Å². The van der Waals surface area contributed by atoms with Gasteiger partial charge in [-0.25, -0.2) is 15.0 Å². The Hall–Kier alpha value is -8.48. The Balaban J connectivity index is 1.03. The van der Waals surface area contributed by atoms with E-state index in [-0.39, 0.29) is 0 Å². The van der Waals surface area contributed by atoms with E-state index in [9.17, 15) is 5.41 Å². The number of para-hydroxylation sites is 2. The zero-order valence-corrected chi connectivity index (χ0v) is 33.4.